The van der Waals surface area contributed by atoms with Crippen molar-refractivity contribution in [3.8, 4) is 11.1 Å². The summed E-state index contributed by atoms with van der Waals surface area (Å²) in [7, 11) is 1.91. The van der Waals surface area contributed by atoms with E-state index in [1.165, 1.54) is 11.3 Å². The highest BCUT2D eigenvalue weighted by Gasteiger charge is 2.11. The molecule has 0 atom stereocenters. The molecule has 0 aliphatic heterocycles. The zero-order chi connectivity index (χ0) is 19.0. The molecule has 0 saturated carbocycles. The first-order valence-electron chi connectivity index (χ1n) is 8.23. The van der Waals surface area contributed by atoms with Crippen LogP contribution in [0.3, 0.4) is 0 Å². The number of rotatable bonds is 3. The molecule has 27 heavy (non-hydrogen) atoms. The van der Waals surface area contributed by atoms with Crippen molar-refractivity contribution in [1.29, 1.82) is 0 Å². The molecule has 0 bridgehead atoms. The van der Waals surface area contributed by atoms with Crippen molar-refractivity contribution in [2.24, 2.45) is 7.05 Å². The second-order valence-corrected chi connectivity index (χ2v) is 7.56. The molecule has 136 valence electrons. The van der Waals surface area contributed by atoms with Crippen LogP contribution >= 0.6 is 22.9 Å². The number of hydrogen-bond acceptors (Lipinski definition) is 4. The predicted molar refractivity (Wildman–Crippen MR) is 111 cm³/mol. The topological polar surface area (TPSA) is 71.8 Å². The number of thiazole rings is 1. The van der Waals surface area contributed by atoms with E-state index < -0.39 is 0 Å². The Morgan fingerprint density at radius 2 is 2.04 bits per heavy atom. The minimum atomic E-state index is -0.361. The summed E-state index contributed by atoms with van der Waals surface area (Å²) >= 11 is 7.36. The third kappa shape index (κ3) is 3.79. The number of carbonyl (C=O) groups is 1. The Kier molecular flexibility index (Phi) is 4.55. The second kappa shape index (κ2) is 7.02. The summed E-state index contributed by atoms with van der Waals surface area (Å²) in [5.74, 6) is 0. The van der Waals surface area contributed by atoms with Gasteiger partial charge in [-0.2, -0.15) is 5.10 Å². The minimum Gasteiger partial charge on any atom is -0.308 e. The van der Waals surface area contributed by atoms with E-state index in [0.717, 1.165) is 27.0 Å². The van der Waals surface area contributed by atoms with E-state index in [1.54, 1.807) is 28.9 Å². The number of hydrogen-bond donors (Lipinski definition) is 2. The molecule has 0 radical (unpaired) electrons. The van der Waals surface area contributed by atoms with Gasteiger partial charge in [0.25, 0.3) is 0 Å². The van der Waals surface area contributed by atoms with Crippen LogP contribution in [0.1, 0.15) is 5.69 Å². The largest absolute Gasteiger partial charge is 0.325 e. The number of amides is 2. The van der Waals surface area contributed by atoms with Crippen LogP contribution in [0, 0.1) is 6.92 Å². The Hall–Kier alpha value is -2.90. The molecule has 0 unspecified atom stereocenters. The van der Waals surface area contributed by atoms with E-state index in [2.05, 4.69) is 26.8 Å². The molecule has 0 aliphatic rings. The summed E-state index contributed by atoms with van der Waals surface area (Å²) in [5.41, 5.74) is 4.59. The number of nitrogens with one attached hydrogen (secondary N) is 2. The van der Waals surface area contributed by atoms with Gasteiger partial charge < -0.3 is 5.32 Å². The van der Waals surface area contributed by atoms with Crippen LogP contribution in [0.2, 0.25) is 5.02 Å². The lowest BCUT2D eigenvalue weighted by molar-refractivity contribution is 0.262. The average molecular weight is 398 g/mol. The number of urea groups is 1. The zero-order valence-corrected chi connectivity index (χ0v) is 16.2. The normalized spacial score (nSPS) is 10.9. The van der Waals surface area contributed by atoms with Crippen molar-refractivity contribution in [3.63, 3.8) is 0 Å². The first-order valence-corrected chi connectivity index (χ1v) is 9.42. The highest BCUT2D eigenvalue weighted by molar-refractivity contribution is 7.22. The highest BCUT2D eigenvalue weighted by atomic mass is 35.5. The molecular formula is C19H16ClN5OS. The molecule has 0 fully saturated rings. The summed E-state index contributed by atoms with van der Waals surface area (Å²) in [5, 5.41) is 11.0. The van der Waals surface area contributed by atoms with E-state index in [1.807, 2.05) is 32.3 Å². The number of anilines is 2. The van der Waals surface area contributed by atoms with Gasteiger partial charge in [-0.3, -0.25) is 10.00 Å². The maximum atomic E-state index is 12.2. The molecule has 0 saturated heterocycles. The SMILES string of the molecule is Cc1nn(C)cc1-c1ccc2nc(NC(=O)Nc3cccc(Cl)c3)sc2c1. The number of benzene rings is 2. The molecule has 4 aromatic rings. The van der Waals surface area contributed by atoms with E-state index >= 15 is 0 Å². The third-order valence-electron chi connectivity index (χ3n) is 4.02. The third-order valence-corrected chi connectivity index (χ3v) is 5.18. The first-order chi connectivity index (χ1) is 13.0. The van der Waals surface area contributed by atoms with Gasteiger partial charge in [0, 0.05) is 29.5 Å². The number of aromatic nitrogens is 3. The molecule has 4 rings (SSSR count). The molecule has 0 aliphatic carbocycles. The van der Waals surface area contributed by atoms with Crippen LogP contribution in [-0.4, -0.2) is 20.8 Å². The molecule has 2 heterocycles. The highest BCUT2D eigenvalue weighted by Crippen LogP contribution is 2.31. The Labute approximate surface area is 164 Å². The summed E-state index contributed by atoms with van der Waals surface area (Å²) in [6.45, 7) is 1.99. The molecule has 8 heteroatoms. The number of halogens is 1. The number of carbonyl (C=O) groups excluding carboxylic acids is 1. The number of aryl methyl sites for hydroxylation is 2. The Morgan fingerprint density at radius 1 is 1.19 bits per heavy atom. The van der Waals surface area contributed by atoms with Crippen molar-refractivity contribution in [2.45, 2.75) is 6.92 Å². The van der Waals surface area contributed by atoms with Crippen LogP contribution in [0.5, 0.6) is 0 Å². The Bertz CT molecular complexity index is 1150. The quantitative estimate of drug-likeness (QED) is 0.492. The van der Waals surface area contributed by atoms with E-state index in [4.69, 9.17) is 11.6 Å². The lowest BCUT2D eigenvalue weighted by Gasteiger charge is -2.05. The van der Waals surface area contributed by atoms with Gasteiger partial charge in [0.2, 0.25) is 0 Å². The molecule has 0 spiro atoms. The Balaban J connectivity index is 1.55. The molecular weight excluding hydrogens is 382 g/mol. The molecule has 2 N–H and O–H groups in total. The van der Waals surface area contributed by atoms with Gasteiger partial charge in [0.05, 0.1) is 15.9 Å². The monoisotopic (exact) mass is 397 g/mol. The summed E-state index contributed by atoms with van der Waals surface area (Å²) in [4.78, 5) is 16.7. The van der Waals surface area contributed by atoms with Gasteiger partial charge in [-0.1, -0.05) is 35.1 Å². The molecule has 6 nitrogen and oxygen atoms in total. The van der Waals surface area contributed by atoms with Gasteiger partial charge in [0.15, 0.2) is 5.13 Å². The lowest BCUT2D eigenvalue weighted by atomic mass is 10.1. The van der Waals surface area contributed by atoms with Crippen LogP contribution in [0.15, 0.2) is 48.7 Å². The van der Waals surface area contributed by atoms with Crippen molar-refractivity contribution in [1.82, 2.24) is 14.8 Å². The van der Waals surface area contributed by atoms with Gasteiger partial charge in [0.1, 0.15) is 0 Å². The fourth-order valence-corrected chi connectivity index (χ4v) is 3.94. The van der Waals surface area contributed by atoms with E-state index in [0.29, 0.717) is 15.8 Å². The number of nitrogens with zero attached hydrogens (tertiary/aromatic N) is 3. The summed E-state index contributed by atoms with van der Waals surface area (Å²) in [6, 6.07) is 12.7. The summed E-state index contributed by atoms with van der Waals surface area (Å²) in [6.07, 6.45) is 2.00. The van der Waals surface area contributed by atoms with Crippen molar-refractivity contribution in [2.75, 3.05) is 10.6 Å². The van der Waals surface area contributed by atoms with Gasteiger partial charge >= 0.3 is 6.03 Å². The van der Waals surface area contributed by atoms with Gasteiger partial charge in [-0.15, -0.1) is 0 Å². The van der Waals surface area contributed by atoms with E-state index in [9.17, 15) is 4.79 Å². The van der Waals surface area contributed by atoms with Crippen molar-refractivity contribution < 1.29 is 4.79 Å². The maximum absolute atomic E-state index is 12.2. The number of fused-ring (bicyclic) bond motifs is 1. The smallest absolute Gasteiger partial charge is 0.308 e. The summed E-state index contributed by atoms with van der Waals surface area (Å²) < 4.78 is 2.79. The van der Waals surface area contributed by atoms with Gasteiger partial charge in [-0.05, 0) is 42.8 Å². The maximum Gasteiger partial charge on any atom is 0.325 e. The first kappa shape index (κ1) is 17.5. The van der Waals surface area contributed by atoms with Crippen molar-refractivity contribution >= 4 is 50.0 Å². The fourth-order valence-electron chi connectivity index (χ4n) is 2.85. The Morgan fingerprint density at radius 3 is 2.78 bits per heavy atom. The predicted octanol–water partition coefficient (Wildman–Crippen LogP) is 5.30. The van der Waals surface area contributed by atoms with Crippen LogP contribution < -0.4 is 10.6 Å². The standard InChI is InChI=1S/C19H16ClN5OS/c1-11-15(10-25(2)24-11)12-6-7-16-17(8-12)27-19(22-16)23-18(26)21-14-5-3-4-13(20)9-14/h3-10H,1-2H3,(H2,21,22,23,26). The van der Waals surface area contributed by atoms with Crippen LogP contribution in [-0.2, 0) is 7.05 Å². The molecule has 2 amide bonds. The fraction of sp³-hybridized carbons (Fsp3) is 0.105. The zero-order valence-electron chi connectivity index (χ0n) is 14.7. The van der Waals surface area contributed by atoms with Crippen molar-refractivity contribution in [3.05, 3.63) is 59.4 Å². The molecule has 2 aromatic heterocycles. The average Bonchev–Trinajstić information content (AvgIpc) is 3.15. The van der Waals surface area contributed by atoms with Crippen LogP contribution in [0.25, 0.3) is 21.3 Å². The minimum absolute atomic E-state index is 0.361. The van der Waals surface area contributed by atoms with Crippen LogP contribution in [0.4, 0.5) is 15.6 Å². The second-order valence-electron chi connectivity index (χ2n) is 6.09. The molecule has 2 aromatic carbocycles. The lowest BCUT2D eigenvalue weighted by Crippen LogP contribution is -2.19. The van der Waals surface area contributed by atoms with E-state index in [-0.39, 0.29) is 6.03 Å². The van der Waals surface area contributed by atoms with Gasteiger partial charge in [-0.25, -0.2) is 9.78 Å².